The Labute approximate surface area is 151 Å². The van der Waals surface area contributed by atoms with Gasteiger partial charge in [0.05, 0.1) is 0 Å². The summed E-state index contributed by atoms with van der Waals surface area (Å²) >= 11 is 0. The predicted molar refractivity (Wildman–Crippen MR) is 75.6 cm³/mol. The van der Waals surface area contributed by atoms with E-state index >= 15 is 0 Å². The number of rotatable bonds is 3. The smallest absolute Gasteiger partial charge is 1.00 e. The second kappa shape index (κ2) is 14.9. The third kappa shape index (κ3) is 9.13. The fourth-order valence-electron chi connectivity index (χ4n) is 1.74. The van der Waals surface area contributed by atoms with Crippen molar-refractivity contribution in [2.24, 2.45) is 0 Å². The van der Waals surface area contributed by atoms with Crippen LogP contribution in [0.3, 0.4) is 0 Å². The van der Waals surface area contributed by atoms with Crippen LogP contribution in [0, 0.1) is 0 Å². The molecule has 0 atom stereocenters. The molecular weight excluding hydrogens is 370 g/mol. The molecule has 0 aliphatic rings. The van der Waals surface area contributed by atoms with E-state index in [9.17, 15) is 0 Å². The molecule has 0 saturated carbocycles. The van der Waals surface area contributed by atoms with Crippen molar-refractivity contribution < 1.29 is 51.0 Å². The summed E-state index contributed by atoms with van der Waals surface area (Å²) in [6, 6.07) is 13.2. The van der Waals surface area contributed by atoms with E-state index in [2.05, 4.69) is 56.4 Å². The minimum atomic E-state index is 0. The van der Waals surface area contributed by atoms with Crippen LogP contribution in [0.4, 0.5) is 0 Å². The van der Waals surface area contributed by atoms with Gasteiger partial charge in [-0.05, 0) is 6.42 Å². The second-order valence-corrected chi connectivity index (χ2v) is 5.10. The number of hydrogen-bond donors (Lipinski definition) is 0. The molecule has 4 heteroatoms. The van der Waals surface area contributed by atoms with Crippen LogP contribution in [-0.4, -0.2) is 9.52 Å². The van der Waals surface area contributed by atoms with Crippen molar-refractivity contribution in [3.63, 3.8) is 0 Å². The van der Waals surface area contributed by atoms with Gasteiger partial charge in [-0.3, -0.25) is 0 Å². The molecule has 19 heavy (non-hydrogen) atoms. The van der Waals surface area contributed by atoms with E-state index in [0.29, 0.717) is 0 Å². The SMILES string of the molecule is CCCCc1cc2ccccc2[cH-]1.C[Si]C.[Cl-].[Cl-].[Zr+3]. The normalized spacial score (nSPS) is 8.37. The zero-order valence-electron chi connectivity index (χ0n) is 11.8. The van der Waals surface area contributed by atoms with Gasteiger partial charge in [0, 0.05) is 9.52 Å². The molecular formula is C15H21Cl2SiZr. The van der Waals surface area contributed by atoms with Crippen LogP contribution < -0.4 is 24.8 Å². The molecule has 0 saturated heterocycles. The first-order chi connectivity index (χ1) is 7.81. The fraction of sp³-hybridized carbons (Fsp3) is 0.400. The van der Waals surface area contributed by atoms with E-state index in [0.717, 1.165) is 9.52 Å². The van der Waals surface area contributed by atoms with Crippen LogP contribution >= 0.6 is 0 Å². The molecule has 3 radical (unpaired) electrons. The molecule has 0 nitrogen and oxygen atoms in total. The van der Waals surface area contributed by atoms with Crippen molar-refractivity contribution in [2.75, 3.05) is 0 Å². The largest absolute Gasteiger partial charge is 3.00 e. The second-order valence-electron chi connectivity index (χ2n) is 4.10. The maximum absolute atomic E-state index is 2.31. The first-order valence-corrected chi connectivity index (χ1v) is 8.04. The summed E-state index contributed by atoms with van der Waals surface area (Å²) in [5, 5.41) is 2.77. The fourth-order valence-corrected chi connectivity index (χ4v) is 1.74. The Hall–Kier alpha value is 0.510. The summed E-state index contributed by atoms with van der Waals surface area (Å²) in [4.78, 5) is 0. The van der Waals surface area contributed by atoms with Gasteiger partial charge in [-0.2, -0.15) is 6.07 Å². The molecule has 103 valence electrons. The van der Waals surface area contributed by atoms with E-state index in [1.165, 1.54) is 35.6 Å². The van der Waals surface area contributed by atoms with Crippen molar-refractivity contribution in [1.82, 2.24) is 0 Å². The maximum atomic E-state index is 2.31. The standard InChI is InChI=1S/C13H15.C2H6Si.2ClH.Zr/c1-2-3-6-11-9-12-7-4-5-8-13(12)10-11;1-3-2;;;/h4-5,7-10H,2-3,6H2,1H3;1-2H3;2*1H;/q-1;;;;+3/p-2. The van der Waals surface area contributed by atoms with Gasteiger partial charge < -0.3 is 24.8 Å². The van der Waals surface area contributed by atoms with Crippen molar-refractivity contribution in [3.8, 4) is 0 Å². The van der Waals surface area contributed by atoms with Gasteiger partial charge in [-0.25, -0.2) is 0 Å². The summed E-state index contributed by atoms with van der Waals surface area (Å²) in [6.07, 6.45) is 3.81. The van der Waals surface area contributed by atoms with E-state index in [-0.39, 0.29) is 51.0 Å². The van der Waals surface area contributed by atoms with Crippen molar-refractivity contribution in [1.29, 1.82) is 0 Å². The van der Waals surface area contributed by atoms with Crippen molar-refractivity contribution in [2.45, 2.75) is 39.3 Å². The Bertz CT molecular complexity index is 382. The minimum absolute atomic E-state index is 0. The Morgan fingerprint density at radius 2 is 1.68 bits per heavy atom. The van der Waals surface area contributed by atoms with Crippen LogP contribution in [-0.2, 0) is 32.6 Å². The maximum Gasteiger partial charge on any atom is 3.00 e. The molecule has 0 aliphatic carbocycles. The predicted octanol–water partition coefficient (Wildman–Crippen LogP) is -1.31. The third-order valence-corrected chi connectivity index (χ3v) is 2.50. The summed E-state index contributed by atoms with van der Waals surface area (Å²) < 4.78 is 0. The van der Waals surface area contributed by atoms with Crippen LogP contribution in [0.25, 0.3) is 10.8 Å². The van der Waals surface area contributed by atoms with E-state index in [1.54, 1.807) is 0 Å². The molecule has 0 aliphatic heterocycles. The summed E-state index contributed by atoms with van der Waals surface area (Å²) in [6.45, 7) is 6.54. The molecule has 0 spiro atoms. The molecule has 2 aromatic carbocycles. The number of aryl methyl sites for hydroxylation is 1. The number of benzene rings is 1. The van der Waals surface area contributed by atoms with E-state index < -0.39 is 0 Å². The summed E-state index contributed by atoms with van der Waals surface area (Å²) in [5.41, 5.74) is 1.49. The zero-order chi connectivity index (χ0) is 11.8. The van der Waals surface area contributed by atoms with Crippen LogP contribution in [0.15, 0.2) is 36.4 Å². The van der Waals surface area contributed by atoms with Gasteiger partial charge in [0.15, 0.2) is 0 Å². The molecule has 0 bridgehead atoms. The number of fused-ring (bicyclic) bond motifs is 1. The average molecular weight is 392 g/mol. The van der Waals surface area contributed by atoms with E-state index in [1.807, 2.05) is 0 Å². The number of hydrogen-bond acceptors (Lipinski definition) is 0. The Balaban J connectivity index is -0.000000393. The summed E-state index contributed by atoms with van der Waals surface area (Å²) in [5.74, 6) is 0. The van der Waals surface area contributed by atoms with E-state index in [4.69, 9.17) is 0 Å². The molecule has 0 heterocycles. The van der Waals surface area contributed by atoms with Gasteiger partial charge in [0.1, 0.15) is 0 Å². The van der Waals surface area contributed by atoms with Crippen molar-refractivity contribution in [3.05, 3.63) is 42.0 Å². The van der Waals surface area contributed by atoms with Gasteiger partial charge in [-0.15, -0.1) is 40.6 Å². The average Bonchev–Trinajstić information content (AvgIpc) is 2.70. The monoisotopic (exact) mass is 389 g/mol. The van der Waals surface area contributed by atoms with Gasteiger partial charge in [-0.1, -0.05) is 38.9 Å². The quantitative estimate of drug-likeness (QED) is 0.451. The zero-order valence-corrected chi connectivity index (χ0v) is 16.8. The summed E-state index contributed by atoms with van der Waals surface area (Å²) in [7, 11) is 1.08. The Kier molecular flexibility index (Phi) is 19.2. The third-order valence-electron chi connectivity index (χ3n) is 2.50. The number of unbranched alkanes of at least 4 members (excludes halogenated alkanes) is 1. The van der Waals surface area contributed by atoms with Crippen LogP contribution in [0.2, 0.25) is 13.1 Å². The minimum Gasteiger partial charge on any atom is -1.00 e. The molecule has 0 unspecified atom stereocenters. The van der Waals surface area contributed by atoms with Crippen LogP contribution in [0.5, 0.6) is 0 Å². The molecule has 0 amide bonds. The van der Waals surface area contributed by atoms with Gasteiger partial charge in [0.25, 0.3) is 0 Å². The Morgan fingerprint density at radius 1 is 1.11 bits per heavy atom. The number of halogens is 2. The molecule has 0 aromatic heterocycles. The first kappa shape index (κ1) is 24.5. The topological polar surface area (TPSA) is 0 Å². The van der Waals surface area contributed by atoms with Gasteiger partial charge >= 0.3 is 26.2 Å². The van der Waals surface area contributed by atoms with Crippen LogP contribution in [0.1, 0.15) is 25.3 Å². The molecule has 0 N–H and O–H groups in total. The molecule has 2 aromatic rings. The Morgan fingerprint density at radius 3 is 2.21 bits per heavy atom. The first-order valence-electron chi connectivity index (χ1n) is 6.04. The molecule has 2 rings (SSSR count). The van der Waals surface area contributed by atoms with Crippen molar-refractivity contribution >= 4 is 20.3 Å². The molecule has 0 fully saturated rings. The van der Waals surface area contributed by atoms with Gasteiger partial charge in [0.2, 0.25) is 0 Å².